The van der Waals surface area contributed by atoms with Gasteiger partial charge in [0.05, 0.1) is 6.61 Å². The maximum Gasteiger partial charge on any atom is 0.155 e. The molecular formula is C15H18O2. The van der Waals surface area contributed by atoms with Gasteiger partial charge in [-0.3, -0.25) is 4.79 Å². The molecule has 1 aromatic carbocycles. The Balaban J connectivity index is 2.18. The summed E-state index contributed by atoms with van der Waals surface area (Å²) < 4.78 is 5.41. The Bertz CT molecular complexity index is 415. The number of ether oxygens (including phenoxy) is 1. The number of rotatable bonds is 3. The third-order valence-corrected chi connectivity index (χ3v) is 2.99. The largest absolute Gasteiger partial charge is 0.494 e. The van der Waals surface area contributed by atoms with Gasteiger partial charge in [0.15, 0.2) is 5.78 Å². The molecule has 0 heterocycles. The second-order valence-corrected chi connectivity index (χ2v) is 4.30. The molecule has 0 bridgehead atoms. The Hall–Kier alpha value is -1.57. The van der Waals surface area contributed by atoms with E-state index in [0.29, 0.717) is 13.0 Å². The van der Waals surface area contributed by atoms with Crippen molar-refractivity contribution in [2.45, 2.75) is 32.6 Å². The van der Waals surface area contributed by atoms with Crippen molar-refractivity contribution in [1.29, 1.82) is 0 Å². The fraction of sp³-hybridized carbons (Fsp3) is 0.400. The minimum Gasteiger partial charge on any atom is -0.494 e. The summed E-state index contributed by atoms with van der Waals surface area (Å²) in [4.78, 5) is 11.5. The van der Waals surface area contributed by atoms with Crippen molar-refractivity contribution >= 4 is 11.4 Å². The third-order valence-electron chi connectivity index (χ3n) is 2.99. The Labute approximate surface area is 102 Å². The molecule has 0 saturated heterocycles. The molecule has 0 fully saturated rings. The molecule has 2 rings (SSSR count). The SMILES string of the molecule is CCOc1ccc(C2=CC(=O)CCCC2)cc1. The van der Waals surface area contributed by atoms with Crippen LogP contribution in [0.1, 0.15) is 38.2 Å². The van der Waals surface area contributed by atoms with Crippen LogP contribution in [0.25, 0.3) is 5.57 Å². The number of hydrogen-bond donors (Lipinski definition) is 0. The van der Waals surface area contributed by atoms with Crippen LogP contribution in [0.3, 0.4) is 0 Å². The number of hydrogen-bond acceptors (Lipinski definition) is 2. The second-order valence-electron chi connectivity index (χ2n) is 4.30. The highest BCUT2D eigenvalue weighted by atomic mass is 16.5. The molecule has 1 aliphatic carbocycles. The quantitative estimate of drug-likeness (QED) is 0.792. The molecule has 0 aromatic heterocycles. The summed E-state index contributed by atoms with van der Waals surface area (Å²) in [5, 5.41) is 0. The standard InChI is InChI=1S/C15H18O2/c1-2-17-15-9-7-12(8-10-15)13-5-3-4-6-14(16)11-13/h7-11H,2-6H2,1H3. The van der Waals surface area contributed by atoms with Crippen molar-refractivity contribution < 1.29 is 9.53 Å². The molecule has 0 unspecified atom stereocenters. The van der Waals surface area contributed by atoms with Crippen LogP contribution in [0.4, 0.5) is 0 Å². The van der Waals surface area contributed by atoms with E-state index in [1.807, 2.05) is 37.3 Å². The fourth-order valence-corrected chi connectivity index (χ4v) is 2.11. The summed E-state index contributed by atoms with van der Waals surface area (Å²) >= 11 is 0. The van der Waals surface area contributed by atoms with Gasteiger partial charge >= 0.3 is 0 Å². The van der Waals surface area contributed by atoms with Crippen molar-refractivity contribution in [3.8, 4) is 5.75 Å². The zero-order chi connectivity index (χ0) is 12.1. The van der Waals surface area contributed by atoms with Crippen molar-refractivity contribution in [2.75, 3.05) is 6.61 Å². The van der Waals surface area contributed by atoms with E-state index >= 15 is 0 Å². The van der Waals surface area contributed by atoms with E-state index in [4.69, 9.17) is 4.74 Å². The Morgan fingerprint density at radius 1 is 1.12 bits per heavy atom. The molecule has 0 amide bonds. The minimum atomic E-state index is 0.256. The predicted molar refractivity (Wildman–Crippen MR) is 69.1 cm³/mol. The van der Waals surface area contributed by atoms with Gasteiger partial charge in [-0.2, -0.15) is 0 Å². The van der Waals surface area contributed by atoms with Gasteiger partial charge in [0, 0.05) is 6.42 Å². The molecule has 0 N–H and O–H groups in total. The lowest BCUT2D eigenvalue weighted by molar-refractivity contribution is -0.114. The molecule has 0 radical (unpaired) electrons. The third kappa shape index (κ3) is 3.19. The van der Waals surface area contributed by atoms with Gasteiger partial charge < -0.3 is 4.74 Å². The number of carbonyl (C=O) groups excluding carboxylic acids is 1. The molecule has 90 valence electrons. The molecule has 1 aliphatic rings. The number of allylic oxidation sites excluding steroid dienone is 2. The minimum absolute atomic E-state index is 0.256. The second kappa shape index (κ2) is 5.67. The average molecular weight is 230 g/mol. The summed E-state index contributed by atoms with van der Waals surface area (Å²) in [5.41, 5.74) is 2.30. The highest BCUT2D eigenvalue weighted by Crippen LogP contribution is 2.26. The molecular weight excluding hydrogens is 212 g/mol. The molecule has 17 heavy (non-hydrogen) atoms. The van der Waals surface area contributed by atoms with Gasteiger partial charge in [0.1, 0.15) is 5.75 Å². The normalized spacial score (nSPS) is 16.3. The first-order valence-corrected chi connectivity index (χ1v) is 6.26. The van der Waals surface area contributed by atoms with Crippen LogP contribution >= 0.6 is 0 Å². The maximum atomic E-state index is 11.5. The smallest absolute Gasteiger partial charge is 0.155 e. The van der Waals surface area contributed by atoms with Gasteiger partial charge in [-0.05, 0) is 55.5 Å². The van der Waals surface area contributed by atoms with Crippen molar-refractivity contribution in [2.24, 2.45) is 0 Å². The van der Waals surface area contributed by atoms with Crippen molar-refractivity contribution in [3.63, 3.8) is 0 Å². The van der Waals surface area contributed by atoms with E-state index in [0.717, 1.165) is 36.1 Å². The average Bonchev–Trinajstić information content (AvgIpc) is 2.55. The molecule has 2 nitrogen and oxygen atoms in total. The lowest BCUT2D eigenvalue weighted by atomic mass is 10.0. The summed E-state index contributed by atoms with van der Waals surface area (Å²) in [5.74, 6) is 1.14. The van der Waals surface area contributed by atoms with E-state index in [2.05, 4.69) is 0 Å². The highest BCUT2D eigenvalue weighted by molar-refractivity contribution is 5.97. The summed E-state index contributed by atoms with van der Waals surface area (Å²) in [6.07, 6.45) is 5.61. The maximum absolute atomic E-state index is 11.5. The topological polar surface area (TPSA) is 26.3 Å². The van der Waals surface area contributed by atoms with Gasteiger partial charge in [0.25, 0.3) is 0 Å². The Morgan fingerprint density at radius 2 is 1.82 bits per heavy atom. The van der Waals surface area contributed by atoms with E-state index in [1.54, 1.807) is 0 Å². The zero-order valence-corrected chi connectivity index (χ0v) is 10.2. The predicted octanol–water partition coefficient (Wildman–Crippen LogP) is 3.61. The molecule has 0 aliphatic heterocycles. The summed E-state index contributed by atoms with van der Waals surface area (Å²) in [7, 11) is 0. The Kier molecular flexibility index (Phi) is 3.97. The van der Waals surface area contributed by atoms with Crippen LogP contribution in [0.15, 0.2) is 30.3 Å². The molecule has 1 aromatic rings. The van der Waals surface area contributed by atoms with Crippen molar-refractivity contribution in [1.82, 2.24) is 0 Å². The number of ketones is 1. The number of carbonyl (C=O) groups is 1. The van der Waals surface area contributed by atoms with E-state index in [1.165, 1.54) is 0 Å². The van der Waals surface area contributed by atoms with Gasteiger partial charge in [-0.1, -0.05) is 12.1 Å². The zero-order valence-electron chi connectivity index (χ0n) is 10.2. The first-order valence-electron chi connectivity index (χ1n) is 6.26. The van der Waals surface area contributed by atoms with Crippen LogP contribution in [0.5, 0.6) is 5.75 Å². The monoisotopic (exact) mass is 230 g/mol. The molecule has 2 heteroatoms. The lowest BCUT2D eigenvalue weighted by Crippen LogP contribution is -1.92. The van der Waals surface area contributed by atoms with Gasteiger partial charge in [-0.15, -0.1) is 0 Å². The molecule has 0 saturated carbocycles. The number of benzene rings is 1. The fourth-order valence-electron chi connectivity index (χ4n) is 2.11. The van der Waals surface area contributed by atoms with E-state index in [-0.39, 0.29) is 5.78 Å². The molecule has 0 spiro atoms. The lowest BCUT2D eigenvalue weighted by Gasteiger charge is -2.07. The van der Waals surface area contributed by atoms with Gasteiger partial charge in [-0.25, -0.2) is 0 Å². The van der Waals surface area contributed by atoms with Crippen LogP contribution in [0, 0.1) is 0 Å². The Morgan fingerprint density at radius 3 is 2.53 bits per heavy atom. The highest BCUT2D eigenvalue weighted by Gasteiger charge is 2.10. The van der Waals surface area contributed by atoms with Crippen LogP contribution in [-0.4, -0.2) is 12.4 Å². The van der Waals surface area contributed by atoms with E-state index in [9.17, 15) is 4.79 Å². The summed E-state index contributed by atoms with van der Waals surface area (Å²) in [6.45, 7) is 2.65. The first-order chi connectivity index (χ1) is 8.29. The summed E-state index contributed by atoms with van der Waals surface area (Å²) in [6, 6.07) is 8.01. The van der Waals surface area contributed by atoms with Crippen molar-refractivity contribution in [3.05, 3.63) is 35.9 Å². The van der Waals surface area contributed by atoms with Gasteiger partial charge in [0.2, 0.25) is 0 Å². The van der Waals surface area contributed by atoms with Crippen LogP contribution in [0.2, 0.25) is 0 Å². The first kappa shape index (κ1) is 11.9. The van der Waals surface area contributed by atoms with E-state index < -0.39 is 0 Å². The van der Waals surface area contributed by atoms with Crippen LogP contribution in [-0.2, 0) is 4.79 Å². The van der Waals surface area contributed by atoms with Crippen LogP contribution < -0.4 is 4.74 Å². The molecule has 0 atom stereocenters.